The summed E-state index contributed by atoms with van der Waals surface area (Å²) in [6.45, 7) is 4.02. The third-order valence-corrected chi connectivity index (χ3v) is 7.05. The predicted octanol–water partition coefficient (Wildman–Crippen LogP) is 3.28. The van der Waals surface area contributed by atoms with Crippen LogP contribution in [0.15, 0.2) is 40.1 Å². The lowest BCUT2D eigenvalue weighted by atomic mass is 9.81. The first-order valence-corrected chi connectivity index (χ1v) is 12.7. The SMILES string of the molecule is O=c1ccn(CCCCCCCNC2(c3ccc(F)c(OCC4CC4)c3)CCNCC2)c(=O)[nH]1. The van der Waals surface area contributed by atoms with Crippen molar-refractivity contribution in [1.29, 1.82) is 0 Å². The molecular formula is C26H37FN4O3. The first-order valence-electron chi connectivity index (χ1n) is 12.7. The molecule has 0 amide bonds. The van der Waals surface area contributed by atoms with Crippen molar-refractivity contribution in [2.45, 2.75) is 69.9 Å². The summed E-state index contributed by atoms with van der Waals surface area (Å²) in [5.74, 6) is 0.690. The molecule has 1 saturated heterocycles. The van der Waals surface area contributed by atoms with Crippen LogP contribution in [0.25, 0.3) is 0 Å². The molecule has 8 heteroatoms. The second-order valence-electron chi connectivity index (χ2n) is 9.73. The summed E-state index contributed by atoms with van der Waals surface area (Å²) in [5.41, 5.74) is 0.267. The number of unbranched alkanes of at least 4 members (excludes halogenated alkanes) is 4. The summed E-state index contributed by atoms with van der Waals surface area (Å²) in [4.78, 5) is 25.1. The third-order valence-electron chi connectivity index (χ3n) is 7.05. The van der Waals surface area contributed by atoms with Gasteiger partial charge < -0.3 is 19.9 Å². The van der Waals surface area contributed by atoms with Gasteiger partial charge in [0.15, 0.2) is 11.6 Å². The summed E-state index contributed by atoms with van der Waals surface area (Å²) in [6, 6.07) is 6.76. The molecule has 1 aliphatic heterocycles. The Morgan fingerprint density at radius 1 is 1.06 bits per heavy atom. The molecule has 3 N–H and O–H groups in total. The zero-order valence-electron chi connectivity index (χ0n) is 19.9. The van der Waals surface area contributed by atoms with Gasteiger partial charge in [-0.05, 0) is 81.8 Å². The first kappa shape index (κ1) is 24.7. The zero-order valence-corrected chi connectivity index (χ0v) is 19.9. The molecule has 2 fully saturated rings. The number of H-pyrrole nitrogens is 1. The van der Waals surface area contributed by atoms with Crippen molar-refractivity contribution in [1.82, 2.24) is 20.2 Å². The molecule has 1 saturated carbocycles. The Balaban J connectivity index is 1.23. The Labute approximate surface area is 200 Å². The van der Waals surface area contributed by atoms with Gasteiger partial charge in [0.05, 0.1) is 6.61 Å². The molecule has 0 bridgehead atoms. The molecule has 7 nitrogen and oxygen atoms in total. The molecule has 0 radical (unpaired) electrons. The number of hydrogen-bond acceptors (Lipinski definition) is 5. The van der Waals surface area contributed by atoms with Gasteiger partial charge in [-0.15, -0.1) is 0 Å². The lowest BCUT2D eigenvalue weighted by Gasteiger charge is -2.39. The van der Waals surface area contributed by atoms with Crippen LogP contribution in [-0.2, 0) is 12.1 Å². The maximum absolute atomic E-state index is 14.3. The summed E-state index contributed by atoms with van der Waals surface area (Å²) in [5, 5.41) is 7.25. The number of ether oxygens (including phenoxy) is 1. The van der Waals surface area contributed by atoms with Gasteiger partial charge in [-0.1, -0.05) is 25.3 Å². The van der Waals surface area contributed by atoms with Crippen LogP contribution < -0.4 is 26.6 Å². The molecule has 0 unspecified atom stereocenters. The maximum Gasteiger partial charge on any atom is 0.328 e. The lowest BCUT2D eigenvalue weighted by Crippen LogP contribution is -2.50. The van der Waals surface area contributed by atoms with Gasteiger partial charge in [0.25, 0.3) is 5.56 Å². The lowest BCUT2D eigenvalue weighted by molar-refractivity contribution is 0.241. The van der Waals surface area contributed by atoms with Crippen LogP contribution in [0, 0.1) is 11.7 Å². The van der Waals surface area contributed by atoms with E-state index in [1.54, 1.807) is 16.8 Å². The van der Waals surface area contributed by atoms with Crippen molar-refractivity contribution in [2.75, 3.05) is 26.2 Å². The average molecular weight is 473 g/mol. The average Bonchev–Trinajstić information content (AvgIpc) is 3.66. The number of hydrogen-bond donors (Lipinski definition) is 3. The van der Waals surface area contributed by atoms with Crippen molar-refractivity contribution in [3.05, 3.63) is 62.7 Å². The van der Waals surface area contributed by atoms with Gasteiger partial charge in [-0.25, -0.2) is 9.18 Å². The van der Waals surface area contributed by atoms with Gasteiger partial charge in [-0.3, -0.25) is 9.78 Å². The number of halogens is 1. The molecule has 1 aromatic heterocycles. The Bertz CT molecular complexity index is 1040. The fourth-order valence-corrected chi connectivity index (χ4v) is 4.71. The number of aromatic nitrogens is 2. The number of rotatable bonds is 13. The topological polar surface area (TPSA) is 88.2 Å². The van der Waals surface area contributed by atoms with Crippen LogP contribution in [0.1, 0.15) is 63.4 Å². The summed E-state index contributed by atoms with van der Waals surface area (Å²) in [6.07, 6.45) is 11.1. The van der Waals surface area contributed by atoms with E-state index in [1.807, 2.05) is 12.1 Å². The minimum atomic E-state index is -0.358. The molecule has 1 aromatic carbocycles. The van der Waals surface area contributed by atoms with Crippen LogP contribution in [0.4, 0.5) is 4.39 Å². The smallest absolute Gasteiger partial charge is 0.328 e. The fourth-order valence-electron chi connectivity index (χ4n) is 4.71. The molecule has 34 heavy (non-hydrogen) atoms. The van der Waals surface area contributed by atoms with Crippen LogP contribution >= 0.6 is 0 Å². The fraction of sp³-hybridized carbons (Fsp3) is 0.615. The maximum atomic E-state index is 14.3. The van der Waals surface area contributed by atoms with Crippen LogP contribution in [0.2, 0.25) is 0 Å². The number of aromatic amines is 1. The van der Waals surface area contributed by atoms with E-state index in [4.69, 9.17) is 4.74 Å². The van der Waals surface area contributed by atoms with E-state index in [-0.39, 0.29) is 22.6 Å². The molecule has 2 aromatic rings. The second kappa shape index (κ2) is 11.8. The summed E-state index contributed by atoms with van der Waals surface area (Å²) < 4.78 is 21.7. The monoisotopic (exact) mass is 472 g/mol. The van der Waals surface area contributed by atoms with Gasteiger partial charge in [0.2, 0.25) is 0 Å². The summed E-state index contributed by atoms with van der Waals surface area (Å²) in [7, 11) is 0. The quantitative estimate of drug-likeness (QED) is 0.390. The van der Waals surface area contributed by atoms with Gasteiger partial charge in [-0.2, -0.15) is 0 Å². The second-order valence-corrected chi connectivity index (χ2v) is 9.73. The van der Waals surface area contributed by atoms with Crippen molar-refractivity contribution >= 4 is 0 Å². The van der Waals surface area contributed by atoms with Gasteiger partial charge in [0, 0.05) is 24.3 Å². The number of aryl methyl sites for hydroxylation is 1. The van der Waals surface area contributed by atoms with E-state index >= 15 is 0 Å². The van der Waals surface area contributed by atoms with Crippen molar-refractivity contribution in [3.63, 3.8) is 0 Å². The highest BCUT2D eigenvalue weighted by Crippen LogP contribution is 2.35. The minimum absolute atomic E-state index is 0.151. The van der Waals surface area contributed by atoms with E-state index in [9.17, 15) is 14.0 Å². The predicted molar refractivity (Wildman–Crippen MR) is 131 cm³/mol. The molecular weight excluding hydrogens is 435 g/mol. The molecule has 2 aliphatic rings. The Hall–Kier alpha value is -2.45. The molecule has 0 spiro atoms. The number of nitrogens with zero attached hydrogens (tertiary/aromatic N) is 1. The van der Waals surface area contributed by atoms with Crippen LogP contribution in [-0.4, -0.2) is 35.8 Å². The highest BCUT2D eigenvalue weighted by Gasteiger charge is 2.34. The Kier molecular flexibility index (Phi) is 8.56. The van der Waals surface area contributed by atoms with E-state index in [0.29, 0.717) is 24.8 Å². The number of piperidine rings is 1. The number of nitrogens with one attached hydrogen (secondary N) is 3. The molecule has 2 heterocycles. The van der Waals surface area contributed by atoms with Crippen molar-refractivity contribution < 1.29 is 9.13 Å². The molecule has 1 aliphatic carbocycles. The normalized spacial score (nSPS) is 17.6. The standard InChI is InChI=1S/C26H37FN4O3/c27-22-9-8-21(18-23(22)34-19-20-6-7-20)26(11-14-28-15-12-26)29-13-4-2-1-3-5-16-31-17-10-24(32)30-25(31)33/h8-10,17-18,20,28-29H,1-7,11-16,19H2,(H,30,32,33). The van der Waals surface area contributed by atoms with E-state index in [0.717, 1.165) is 70.1 Å². The Morgan fingerprint density at radius 2 is 1.82 bits per heavy atom. The van der Waals surface area contributed by atoms with Crippen LogP contribution in [0.3, 0.4) is 0 Å². The van der Waals surface area contributed by atoms with Crippen molar-refractivity contribution in [2.24, 2.45) is 5.92 Å². The highest BCUT2D eigenvalue weighted by molar-refractivity contribution is 5.35. The van der Waals surface area contributed by atoms with Gasteiger partial charge >= 0.3 is 5.69 Å². The van der Waals surface area contributed by atoms with E-state index in [2.05, 4.69) is 15.6 Å². The largest absolute Gasteiger partial charge is 0.490 e. The van der Waals surface area contributed by atoms with Gasteiger partial charge in [0.1, 0.15) is 0 Å². The number of benzene rings is 1. The first-order chi connectivity index (χ1) is 16.6. The molecule has 186 valence electrons. The van der Waals surface area contributed by atoms with E-state index < -0.39 is 0 Å². The molecule has 0 atom stereocenters. The van der Waals surface area contributed by atoms with Crippen molar-refractivity contribution in [3.8, 4) is 5.75 Å². The third kappa shape index (κ3) is 6.79. The minimum Gasteiger partial charge on any atom is -0.490 e. The Morgan fingerprint density at radius 3 is 2.59 bits per heavy atom. The highest BCUT2D eigenvalue weighted by atomic mass is 19.1. The van der Waals surface area contributed by atoms with E-state index in [1.165, 1.54) is 18.9 Å². The summed E-state index contributed by atoms with van der Waals surface area (Å²) >= 11 is 0. The molecule has 4 rings (SSSR count). The zero-order chi connectivity index (χ0) is 23.8. The van der Waals surface area contributed by atoms with Crippen LogP contribution in [0.5, 0.6) is 5.75 Å².